The Morgan fingerprint density at radius 1 is 1.33 bits per heavy atom. The van der Waals surface area contributed by atoms with E-state index in [1.165, 1.54) is 0 Å². The first-order valence-corrected chi connectivity index (χ1v) is 8.74. The maximum absolute atomic E-state index is 5.90. The van der Waals surface area contributed by atoms with Crippen molar-refractivity contribution in [3.8, 4) is 0 Å². The smallest absolute Gasteiger partial charge is 0.226 e. The summed E-state index contributed by atoms with van der Waals surface area (Å²) in [6.07, 6.45) is 4.28. The summed E-state index contributed by atoms with van der Waals surface area (Å²) < 4.78 is 16.8. The van der Waals surface area contributed by atoms with Crippen molar-refractivity contribution < 1.29 is 14.0 Å². The minimum Gasteiger partial charge on any atom is -0.375 e. The highest BCUT2D eigenvalue weighted by molar-refractivity contribution is 5.80. The highest BCUT2D eigenvalue weighted by atomic mass is 16.5. The van der Waals surface area contributed by atoms with Gasteiger partial charge >= 0.3 is 0 Å². The standard InChI is InChI=1S/C16H27N5O3/c1-12-19-15(24-20-12)6-3-7-18-16(17-2)21-8-10-23-14(11-21)13-5-4-9-22-13/h13-14H,3-11H2,1-2H3,(H,17,18). The van der Waals surface area contributed by atoms with Crippen LogP contribution >= 0.6 is 0 Å². The SMILES string of the molecule is CN=C(NCCCc1nc(C)no1)N1CCOC(C2CCCO2)C1. The maximum atomic E-state index is 5.90. The van der Waals surface area contributed by atoms with Crippen LogP contribution in [0.2, 0.25) is 0 Å². The molecule has 3 rings (SSSR count). The zero-order valence-corrected chi connectivity index (χ0v) is 14.5. The Kier molecular flexibility index (Phi) is 6.03. The fourth-order valence-electron chi connectivity index (χ4n) is 3.20. The van der Waals surface area contributed by atoms with E-state index in [2.05, 4.69) is 25.3 Å². The second-order valence-corrected chi connectivity index (χ2v) is 6.22. The number of nitrogens with one attached hydrogen (secondary N) is 1. The van der Waals surface area contributed by atoms with E-state index in [9.17, 15) is 0 Å². The molecule has 0 saturated carbocycles. The second-order valence-electron chi connectivity index (χ2n) is 6.22. The Morgan fingerprint density at radius 2 is 2.21 bits per heavy atom. The third kappa shape index (κ3) is 4.45. The van der Waals surface area contributed by atoms with Crippen molar-refractivity contribution >= 4 is 5.96 Å². The quantitative estimate of drug-likeness (QED) is 0.482. The van der Waals surface area contributed by atoms with Crippen LogP contribution in [0.3, 0.4) is 0 Å². The number of aryl methyl sites for hydroxylation is 2. The average Bonchev–Trinajstić information content (AvgIpc) is 3.27. The fourth-order valence-corrected chi connectivity index (χ4v) is 3.20. The van der Waals surface area contributed by atoms with E-state index in [4.69, 9.17) is 14.0 Å². The lowest BCUT2D eigenvalue weighted by atomic mass is 10.1. The molecule has 2 saturated heterocycles. The molecule has 8 heteroatoms. The molecule has 2 fully saturated rings. The van der Waals surface area contributed by atoms with E-state index in [1.54, 1.807) is 0 Å². The first-order chi connectivity index (χ1) is 11.8. The summed E-state index contributed by atoms with van der Waals surface area (Å²) in [5.74, 6) is 2.29. The third-order valence-electron chi connectivity index (χ3n) is 4.40. The van der Waals surface area contributed by atoms with Crippen molar-refractivity contribution in [2.45, 2.75) is 44.8 Å². The summed E-state index contributed by atoms with van der Waals surface area (Å²) in [5, 5.41) is 7.22. The number of aliphatic imine (C=N–C) groups is 1. The fraction of sp³-hybridized carbons (Fsp3) is 0.812. The van der Waals surface area contributed by atoms with Crippen LogP contribution in [0.5, 0.6) is 0 Å². The monoisotopic (exact) mass is 337 g/mol. The molecule has 8 nitrogen and oxygen atoms in total. The van der Waals surface area contributed by atoms with Crippen molar-refractivity contribution in [1.82, 2.24) is 20.4 Å². The summed E-state index contributed by atoms with van der Waals surface area (Å²) in [7, 11) is 1.82. The predicted molar refractivity (Wildman–Crippen MR) is 89.0 cm³/mol. The first kappa shape index (κ1) is 17.2. The van der Waals surface area contributed by atoms with Gasteiger partial charge in [0.05, 0.1) is 12.7 Å². The number of aromatic nitrogens is 2. The number of hydrogen-bond acceptors (Lipinski definition) is 6. The molecule has 1 N–H and O–H groups in total. The van der Waals surface area contributed by atoms with E-state index in [-0.39, 0.29) is 12.2 Å². The molecular formula is C16H27N5O3. The first-order valence-electron chi connectivity index (χ1n) is 8.74. The normalized spacial score (nSPS) is 25.2. The molecule has 1 aromatic rings. The lowest BCUT2D eigenvalue weighted by molar-refractivity contribution is -0.0816. The summed E-state index contributed by atoms with van der Waals surface area (Å²) in [4.78, 5) is 10.9. The van der Waals surface area contributed by atoms with Crippen molar-refractivity contribution in [2.24, 2.45) is 4.99 Å². The number of nitrogens with zero attached hydrogens (tertiary/aromatic N) is 4. The maximum Gasteiger partial charge on any atom is 0.226 e. The molecule has 24 heavy (non-hydrogen) atoms. The van der Waals surface area contributed by atoms with Gasteiger partial charge in [0.1, 0.15) is 6.10 Å². The molecule has 3 heterocycles. The van der Waals surface area contributed by atoms with Crippen molar-refractivity contribution in [2.75, 3.05) is 39.9 Å². The molecule has 2 unspecified atom stereocenters. The van der Waals surface area contributed by atoms with Crippen LogP contribution in [-0.4, -0.2) is 73.1 Å². The van der Waals surface area contributed by atoms with Crippen molar-refractivity contribution in [3.05, 3.63) is 11.7 Å². The average molecular weight is 337 g/mol. The number of hydrogen-bond donors (Lipinski definition) is 1. The Labute approximate surface area is 142 Å². The molecule has 0 bridgehead atoms. The molecule has 134 valence electrons. The Hall–Kier alpha value is -1.67. The van der Waals surface area contributed by atoms with Crippen LogP contribution in [0.4, 0.5) is 0 Å². The predicted octanol–water partition coefficient (Wildman–Crippen LogP) is 0.766. The molecule has 0 spiro atoms. The van der Waals surface area contributed by atoms with Crippen molar-refractivity contribution in [1.29, 1.82) is 0 Å². The number of ether oxygens (including phenoxy) is 2. The second kappa shape index (κ2) is 8.43. The molecule has 0 radical (unpaired) electrons. The molecule has 2 aliphatic rings. The number of morpholine rings is 1. The highest BCUT2D eigenvalue weighted by Gasteiger charge is 2.32. The molecule has 0 aromatic carbocycles. The van der Waals surface area contributed by atoms with Crippen LogP contribution in [0.25, 0.3) is 0 Å². The topological polar surface area (TPSA) is 85.0 Å². The molecule has 1 aromatic heterocycles. The largest absolute Gasteiger partial charge is 0.375 e. The summed E-state index contributed by atoms with van der Waals surface area (Å²) in [5.41, 5.74) is 0. The van der Waals surface area contributed by atoms with Gasteiger partial charge in [0.25, 0.3) is 0 Å². The molecule has 0 aliphatic carbocycles. The minimum atomic E-state index is 0.140. The number of rotatable bonds is 5. The van der Waals surface area contributed by atoms with E-state index in [0.717, 1.165) is 57.9 Å². The van der Waals surface area contributed by atoms with E-state index in [0.29, 0.717) is 18.3 Å². The van der Waals surface area contributed by atoms with Gasteiger partial charge in [-0.25, -0.2) is 0 Å². The third-order valence-corrected chi connectivity index (χ3v) is 4.40. The summed E-state index contributed by atoms with van der Waals surface area (Å²) in [6.45, 7) is 5.89. The van der Waals surface area contributed by atoms with Gasteiger partial charge in [0.15, 0.2) is 11.8 Å². The Balaban J connectivity index is 1.43. The summed E-state index contributed by atoms with van der Waals surface area (Å²) >= 11 is 0. The van der Waals surface area contributed by atoms with E-state index in [1.807, 2.05) is 14.0 Å². The Morgan fingerprint density at radius 3 is 2.92 bits per heavy atom. The highest BCUT2D eigenvalue weighted by Crippen LogP contribution is 2.21. The zero-order chi connectivity index (χ0) is 16.8. The van der Waals surface area contributed by atoms with Crippen molar-refractivity contribution in [3.63, 3.8) is 0 Å². The van der Waals surface area contributed by atoms with Crippen LogP contribution in [-0.2, 0) is 15.9 Å². The van der Waals surface area contributed by atoms with E-state index >= 15 is 0 Å². The van der Waals surface area contributed by atoms with Gasteiger partial charge in [-0.1, -0.05) is 5.16 Å². The Bertz CT molecular complexity index is 542. The lowest BCUT2D eigenvalue weighted by Crippen LogP contribution is -2.53. The molecule has 2 aliphatic heterocycles. The van der Waals surface area contributed by atoms with Gasteiger partial charge in [-0.2, -0.15) is 4.98 Å². The van der Waals surface area contributed by atoms with Crippen LogP contribution in [0.1, 0.15) is 31.0 Å². The lowest BCUT2D eigenvalue weighted by Gasteiger charge is -2.37. The van der Waals surface area contributed by atoms with E-state index < -0.39 is 0 Å². The van der Waals surface area contributed by atoms with Gasteiger partial charge in [-0.05, 0) is 26.2 Å². The van der Waals surface area contributed by atoms with Crippen LogP contribution in [0, 0.1) is 6.92 Å². The van der Waals surface area contributed by atoms with Crippen LogP contribution in [0.15, 0.2) is 9.52 Å². The summed E-state index contributed by atoms with van der Waals surface area (Å²) in [6, 6.07) is 0. The number of guanidine groups is 1. The molecule has 0 amide bonds. The zero-order valence-electron chi connectivity index (χ0n) is 14.5. The van der Waals surface area contributed by atoms with Gasteiger partial charge in [0.2, 0.25) is 5.89 Å². The molecule has 2 atom stereocenters. The molecular weight excluding hydrogens is 310 g/mol. The van der Waals surface area contributed by atoms with Gasteiger partial charge in [0, 0.05) is 39.7 Å². The van der Waals surface area contributed by atoms with Crippen LogP contribution < -0.4 is 5.32 Å². The minimum absolute atomic E-state index is 0.140. The van der Waals surface area contributed by atoms with Gasteiger partial charge < -0.3 is 24.2 Å². The van der Waals surface area contributed by atoms with Gasteiger partial charge in [-0.3, -0.25) is 4.99 Å². The van der Waals surface area contributed by atoms with Gasteiger partial charge in [-0.15, -0.1) is 0 Å².